The van der Waals surface area contributed by atoms with Crippen molar-refractivity contribution in [3.8, 4) is 11.5 Å². The fraction of sp³-hybridized carbons (Fsp3) is 0.133. The minimum absolute atomic E-state index is 0. The zero-order chi connectivity index (χ0) is 13.5. The number of nitrogens with two attached hydrogens (primary N) is 1. The van der Waals surface area contributed by atoms with Crippen LogP contribution in [-0.2, 0) is 0 Å². The molecule has 0 saturated heterocycles. The van der Waals surface area contributed by atoms with Gasteiger partial charge in [-0.25, -0.2) is 0 Å². The van der Waals surface area contributed by atoms with E-state index in [-0.39, 0.29) is 18.2 Å². The van der Waals surface area contributed by atoms with Crippen LogP contribution < -0.4 is 15.2 Å². The molecule has 0 spiro atoms. The van der Waals surface area contributed by atoms with Crippen LogP contribution in [0.5, 0.6) is 11.5 Å². The number of nitrogen functional groups attached to an aromatic ring is 1. The van der Waals surface area contributed by atoms with Gasteiger partial charge in [0.15, 0.2) is 0 Å². The van der Waals surface area contributed by atoms with Crippen LogP contribution in [0.4, 0.5) is 0 Å². The van der Waals surface area contributed by atoms with Crippen molar-refractivity contribution < 1.29 is 9.47 Å². The molecular weight excluding hydrogens is 276 g/mol. The fourth-order valence-electron chi connectivity index (χ4n) is 1.64. The minimum Gasteiger partial charge on any atom is -0.490 e. The van der Waals surface area contributed by atoms with Crippen molar-refractivity contribution in [1.29, 1.82) is 5.41 Å². The summed E-state index contributed by atoms with van der Waals surface area (Å²) in [5, 5.41) is 7.46. The molecule has 2 aromatic rings. The monoisotopic (exact) mass is 292 g/mol. The van der Waals surface area contributed by atoms with Gasteiger partial charge in [0.2, 0.25) is 0 Å². The third kappa shape index (κ3) is 4.48. The molecule has 0 unspecified atom stereocenters. The highest BCUT2D eigenvalue weighted by atomic mass is 35.5. The normalized spacial score (nSPS) is 9.40. The number of para-hydroxylation sites is 2. The molecule has 106 valence electrons. The van der Waals surface area contributed by atoms with Crippen LogP contribution in [0, 0.1) is 5.41 Å². The van der Waals surface area contributed by atoms with Crippen molar-refractivity contribution in [2.24, 2.45) is 5.73 Å². The van der Waals surface area contributed by atoms with Crippen molar-refractivity contribution in [2.45, 2.75) is 0 Å². The average molecular weight is 293 g/mol. The maximum absolute atomic E-state index is 7.46. The van der Waals surface area contributed by atoms with Crippen LogP contribution in [0.15, 0.2) is 54.6 Å². The van der Waals surface area contributed by atoms with E-state index in [9.17, 15) is 0 Å². The number of nitrogens with one attached hydrogen (secondary N) is 1. The van der Waals surface area contributed by atoms with Crippen LogP contribution in [0.1, 0.15) is 5.56 Å². The molecule has 0 aliphatic rings. The summed E-state index contributed by atoms with van der Waals surface area (Å²) in [6, 6.07) is 16.8. The van der Waals surface area contributed by atoms with E-state index in [4.69, 9.17) is 20.6 Å². The van der Waals surface area contributed by atoms with E-state index < -0.39 is 0 Å². The maximum atomic E-state index is 7.46. The Balaban J connectivity index is 0.00000200. The Labute approximate surface area is 124 Å². The molecule has 0 fully saturated rings. The quantitative estimate of drug-likeness (QED) is 0.489. The predicted octanol–water partition coefficient (Wildman–Crippen LogP) is 2.85. The first-order valence-corrected chi connectivity index (χ1v) is 6.01. The number of amidine groups is 1. The van der Waals surface area contributed by atoms with E-state index in [0.717, 1.165) is 5.75 Å². The van der Waals surface area contributed by atoms with Crippen LogP contribution in [-0.4, -0.2) is 19.0 Å². The second-order valence-electron chi connectivity index (χ2n) is 3.92. The lowest BCUT2D eigenvalue weighted by atomic mass is 10.2. The van der Waals surface area contributed by atoms with E-state index in [2.05, 4.69) is 0 Å². The van der Waals surface area contributed by atoms with Crippen molar-refractivity contribution in [3.05, 3.63) is 60.2 Å². The van der Waals surface area contributed by atoms with Gasteiger partial charge in [0, 0.05) is 0 Å². The molecule has 2 rings (SSSR count). The molecule has 0 aliphatic carbocycles. The van der Waals surface area contributed by atoms with Crippen LogP contribution in [0.25, 0.3) is 0 Å². The Bertz CT molecular complexity index is 547. The largest absolute Gasteiger partial charge is 0.490 e. The Morgan fingerprint density at radius 2 is 1.50 bits per heavy atom. The first-order valence-electron chi connectivity index (χ1n) is 6.01. The van der Waals surface area contributed by atoms with Crippen LogP contribution >= 0.6 is 12.4 Å². The highest BCUT2D eigenvalue weighted by molar-refractivity contribution is 5.97. The lowest BCUT2D eigenvalue weighted by Gasteiger charge is -2.11. The molecular formula is C15H17ClN2O2. The Hall–Kier alpha value is -2.20. The average Bonchev–Trinajstić information content (AvgIpc) is 2.45. The maximum Gasteiger partial charge on any atom is 0.130 e. The summed E-state index contributed by atoms with van der Waals surface area (Å²) in [6.07, 6.45) is 0. The number of hydrogen-bond acceptors (Lipinski definition) is 3. The summed E-state index contributed by atoms with van der Waals surface area (Å²) in [5.74, 6) is 1.41. The van der Waals surface area contributed by atoms with Gasteiger partial charge in [-0.3, -0.25) is 5.41 Å². The highest BCUT2D eigenvalue weighted by Crippen LogP contribution is 2.17. The number of hydrogen-bond donors (Lipinski definition) is 2. The number of benzene rings is 2. The standard InChI is InChI=1S/C15H16N2O2.ClH/c16-15(17)13-8-4-5-9-14(13)19-11-10-18-12-6-2-1-3-7-12;/h1-9H,10-11H2,(H3,16,17);1H. The zero-order valence-electron chi connectivity index (χ0n) is 10.9. The molecule has 0 amide bonds. The van der Waals surface area contributed by atoms with Gasteiger partial charge in [-0.2, -0.15) is 0 Å². The van der Waals surface area contributed by atoms with Gasteiger partial charge in [0.05, 0.1) is 5.56 Å². The van der Waals surface area contributed by atoms with Crippen molar-refractivity contribution in [3.63, 3.8) is 0 Å². The van der Waals surface area contributed by atoms with Crippen molar-refractivity contribution >= 4 is 18.2 Å². The third-order valence-electron chi connectivity index (χ3n) is 2.53. The topological polar surface area (TPSA) is 68.3 Å². The lowest BCUT2D eigenvalue weighted by molar-refractivity contribution is 0.217. The van der Waals surface area contributed by atoms with Crippen LogP contribution in [0.2, 0.25) is 0 Å². The molecule has 0 aromatic heterocycles. The summed E-state index contributed by atoms with van der Waals surface area (Å²) in [4.78, 5) is 0. The van der Waals surface area contributed by atoms with E-state index in [0.29, 0.717) is 24.5 Å². The zero-order valence-corrected chi connectivity index (χ0v) is 11.7. The molecule has 0 aliphatic heterocycles. The molecule has 2 aromatic carbocycles. The first kappa shape index (κ1) is 15.9. The van der Waals surface area contributed by atoms with E-state index >= 15 is 0 Å². The van der Waals surface area contributed by atoms with Gasteiger partial charge in [-0.05, 0) is 24.3 Å². The summed E-state index contributed by atoms with van der Waals surface area (Å²) in [7, 11) is 0. The summed E-state index contributed by atoms with van der Waals surface area (Å²) >= 11 is 0. The van der Waals surface area contributed by atoms with E-state index in [1.807, 2.05) is 42.5 Å². The van der Waals surface area contributed by atoms with Gasteiger partial charge in [-0.1, -0.05) is 30.3 Å². The predicted molar refractivity (Wildman–Crippen MR) is 82.1 cm³/mol. The summed E-state index contributed by atoms with van der Waals surface area (Å²) in [5.41, 5.74) is 6.08. The van der Waals surface area contributed by atoms with E-state index in [1.54, 1.807) is 12.1 Å². The van der Waals surface area contributed by atoms with Gasteiger partial charge in [0.1, 0.15) is 30.5 Å². The number of halogens is 1. The van der Waals surface area contributed by atoms with E-state index in [1.165, 1.54) is 0 Å². The molecule has 0 heterocycles. The van der Waals surface area contributed by atoms with Gasteiger partial charge in [-0.15, -0.1) is 12.4 Å². The fourth-order valence-corrected chi connectivity index (χ4v) is 1.64. The van der Waals surface area contributed by atoms with Gasteiger partial charge in [0.25, 0.3) is 0 Å². The van der Waals surface area contributed by atoms with Gasteiger partial charge >= 0.3 is 0 Å². The highest BCUT2D eigenvalue weighted by Gasteiger charge is 2.05. The Kier molecular flexibility index (Phi) is 6.40. The molecule has 3 N–H and O–H groups in total. The first-order chi connectivity index (χ1) is 9.27. The SMILES string of the molecule is Cl.N=C(N)c1ccccc1OCCOc1ccccc1. The van der Waals surface area contributed by atoms with Crippen molar-refractivity contribution in [1.82, 2.24) is 0 Å². The third-order valence-corrected chi connectivity index (χ3v) is 2.53. The number of ether oxygens (including phenoxy) is 2. The Morgan fingerprint density at radius 3 is 2.20 bits per heavy atom. The second kappa shape index (κ2) is 8.07. The molecule has 0 bridgehead atoms. The molecule has 4 nitrogen and oxygen atoms in total. The summed E-state index contributed by atoms with van der Waals surface area (Å²) in [6.45, 7) is 0.843. The summed E-state index contributed by atoms with van der Waals surface area (Å²) < 4.78 is 11.1. The van der Waals surface area contributed by atoms with Crippen LogP contribution in [0.3, 0.4) is 0 Å². The molecule has 0 saturated carbocycles. The number of rotatable bonds is 6. The molecule has 20 heavy (non-hydrogen) atoms. The molecule has 0 atom stereocenters. The Morgan fingerprint density at radius 1 is 0.900 bits per heavy atom. The lowest BCUT2D eigenvalue weighted by Crippen LogP contribution is -2.15. The molecule has 0 radical (unpaired) electrons. The van der Waals surface area contributed by atoms with Gasteiger partial charge < -0.3 is 15.2 Å². The second-order valence-corrected chi connectivity index (χ2v) is 3.92. The smallest absolute Gasteiger partial charge is 0.130 e. The van der Waals surface area contributed by atoms with Crippen molar-refractivity contribution in [2.75, 3.05) is 13.2 Å². The molecule has 5 heteroatoms. The minimum atomic E-state index is -0.000391.